The predicted molar refractivity (Wildman–Crippen MR) is 131 cm³/mol. The van der Waals surface area contributed by atoms with Crippen LogP contribution in [0.1, 0.15) is 43.4 Å². The molecule has 0 aromatic carbocycles. The fourth-order valence-electron chi connectivity index (χ4n) is 4.12. The number of ether oxygens (including phenoxy) is 1. The molecule has 0 radical (unpaired) electrons. The lowest BCUT2D eigenvalue weighted by Gasteiger charge is -2.36. The molecule has 1 saturated carbocycles. The van der Waals surface area contributed by atoms with Gasteiger partial charge in [0.2, 0.25) is 5.88 Å². The van der Waals surface area contributed by atoms with Gasteiger partial charge in [0.15, 0.2) is 5.96 Å². The molecule has 1 aliphatic heterocycles. The SMILES string of the molecule is CN=C(NCc1ccc(OC2CCCCC2)nc1)N1CCN(Cc2ccon2)CC1.I. The summed E-state index contributed by atoms with van der Waals surface area (Å²) in [6.45, 7) is 5.35. The standard InChI is InChI=1S/C22H32N6O2.HI/c1-23-22(28-12-10-27(11-13-28)17-19-9-14-29-26-19)25-16-18-7-8-21(24-15-18)30-20-5-3-2-4-6-20;/h7-9,14-15,20H,2-6,10-13,16-17H2,1H3,(H,23,25);1H. The van der Waals surface area contributed by atoms with E-state index in [4.69, 9.17) is 9.26 Å². The third kappa shape index (κ3) is 7.06. The average molecular weight is 540 g/mol. The van der Waals surface area contributed by atoms with Crippen LogP contribution >= 0.6 is 24.0 Å². The highest BCUT2D eigenvalue weighted by molar-refractivity contribution is 14.0. The zero-order valence-electron chi connectivity index (χ0n) is 18.2. The minimum absolute atomic E-state index is 0. The molecule has 2 fully saturated rings. The number of hydrogen-bond donors (Lipinski definition) is 1. The van der Waals surface area contributed by atoms with Gasteiger partial charge >= 0.3 is 0 Å². The first-order valence-corrected chi connectivity index (χ1v) is 11.0. The van der Waals surface area contributed by atoms with Gasteiger partial charge in [-0.25, -0.2) is 4.98 Å². The first-order chi connectivity index (χ1) is 14.8. The zero-order chi connectivity index (χ0) is 20.6. The number of nitrogens with zero attached hydrogens (tertiary/aromatic N) is 5. The van der Waals surface area contributed by atoms with E-state index in [-0.39, 0.29) is 24.0 Å². The van der Waals surface area contributed by atoms with Gasteiger partial charge < -0.3 is 19.5 Å². The van der Waals surface area contributed by atoms with E-state index in [0.717, 1.165) is 68.7 Å². The molecule has 8 nitrogen and oxygen atoms in total. The molecule has 2 aromatic rings. The number of rotatable bonds is 6. The molecule has 4 rings (SSSR count). The fourth-order valence-corrected chi connectivity index (χ4v) is 4.12. The van der Waals surface area contributed by atoms with Crippen molar-refractivity contribution in [2.75, 3.05) is 33.2 Å². The predicted octanol–water partition coefficient (Wildman–Crippen LogP) is 3.29. The third-order valence-electron chi connectivity index (χ3n) is 5.85. The van der Waals surface area contributed by atoms with Crippen LogP contribution in [0.2, 0.25) is 0 Å². The van der Waals surface area contributed by atoms with E-state index in [9.17, 15) is 0 Å². The van der Waals surface area contributed by atoms with Crippen LogP contribution in [0.4, 0.5) is 0 Å². The highest BCUT2D eigenvalue weighted by atomic mass is 127. The third-order valence-corrected chi connectivity index (χ3v) is 5.85. The Kier molecular flexibility index (Phi) is 9.38. The monoisotopic (exact) mass is 540 g/mol. The lowest BCUT2D eigenvalue weighted by atomic mass is 9.98. The lowest BCUT2D eigenvalue weighted by Crippen LogP contribution is -2.52. The smallest absolute Gasteiger partial charge is 0.213 e. The normalized spacial score (nSPS) is 18.5. The number of halogens is 1. The quantitative estimate of drug-likeness (QED) is 0.342. The number of piperazine rings is 1. The van der Waals surface area contributed by atoms with Gasteiger partial charge in [0.05, 0.1) is 5.69 Å². The van der Waals surface area contributed by atoms with E-state index in [2.05, 4.69) is 36.3 Å². The summed E-state index contributed by atoms with van der Waals surface area (Å²) in [5, 5.41) is 7.47. The van der Waals surface area contributed by atoms with E-state index in [1.807, 2.05) is 25.4 Å². The molecule has 0 amide bonds. The Bertz CT molecular complexity index is 785. The highest BCUT2D eigenvalue weighted by Gasteiger charge is 2.20. The summed E-state index contributed by atoms with van der Waals surface area (Å²) in [6, 6.07) is 5.99. The average Bonchev–Trinajstić information content (AvgIpc) is 3.30. The first-order valence-electron chi connectivity index (χ1n) is 11.0. The Morgan fingerprint density at radius 2 is 1.97 bits per heavy atom. The van der Waals surface area contributed by atoms with Crippen molar-refractivity contribution >= 4 is 29.9 Å². The topological polar surface area (TPSA) is 79.0 Å². The summed E-state index contributed by atoms with van der Waals surface area (Å²) in [5.74, 6) is 1.66. The molecule has 1 aliphatic carbocycles. The molecule has 31 heavy (non-hydrogen) atoms. The molecule has 1 saturated heterocycles. The lowest BCUT2D eigenvalue weighted by molar-refractivity contribution is 0.148. The van der Waals surface area contributed by atoms with Crippen molar-refractivity contribution in [3.05, 3.63) is 41.9 Å². The molecule has 9 heteroatoms. The summed E-state index contributed by atoms with van der Waals surface area (Å²) >= 11 is 0. The van der Waals surface area contributed by atoms with Gasteiger partial charge in [-0.2, -0.15) is 0 Å². The molecule has 2 aromatic heterocycles. The van der Waals surface area contributed by atoms with Crippen LogP contribution in [-0.4, -0.2) is 65.2 Å². The maximum atomic E-state index is 6.02. The van der Waals surface area contributed by atoms with Gasteiger partial charge in [-0.1, -0.05) is 17.6 Å². The van der Waals surface area contributed by atoms with Crippen molar-refractivity contribution in [1.82, 2.24) is 25.3 Å². The number of aliphatic imine (C=N–C) groups is 1. The molecule has 0 unspecified atom stereocenters. The molecule has 3 heterocycles. The summed E-state index contributed by atoms with van der Waals surface area (Å²) in [6.07, 6.45) is 10.0. The van der Waals surface area contributed by atoms with E-state index in [1.165, 1.54) is 19.3 Å². The van der Waals surface area contributed by atoms with Crippen molar-refractivity contribution in [1.29, 1.82) is 0 Å². The second kappa shape index (κ2) is 12.2. The Morgan fingerprint density at radius 3 is 2.61 bits per heavy atom. The largest absolute Gasteiger partial charge is 0.474 e. The zero-order valence-corrected chi connectivity index (χ0v) is 20.5. The maximum Gasteiger partial charge on any atom is 0.213 e. The molecular weight excluding hydrogens is 507 g/mol. The van der Waals surface area contributed by atoms with Crippen molar-refractivity contribution < 1.29 is 9.26 Å². The van der Waals surface area contributed by atoms with Crippen LogP contribution in [0.5, 0.6) is 5.88 Å². The van der Waals surface area contributed by atoms with Crippen molar-refractivity contribution in [3.8, 4) is 5.88 Å². The van der Waals surface area contributed by atoms with Gasteiger partial charge in [0, 0.05) is 64.6 Å². The van der Waals surface area contributed by atoms with Crippen LogP contribution in [-0.2, 0) is 13.1 Å². The number of pyridine rings is 1. The Balaban J connectivity index is 0.00000272. The molecule has 0 atom stereocenters. The molecular formula is C22H33IN6O2. The van der Waals surface area contributed by atoms with E-state index in [1.54, 1.807) is 6.26 Å². The minimum Gasteiger partial charge on any atom is -0.474 e. The number of guanidine groups is 1. The van der Waals surface area contributed by atoms with Gasteiger partial charge in [-0.15, -0.1) is 24.0 Å². The van der Waals surface area contributed by atoms with Crippen LogP contribution in [0.25, 0.3) is 0 Å². The Labute approximate surface area is 201 Å². The summed E-state index contributed by atoms with van der Waals surface area (Å²) in [5.41, 5.74) is 2.10. The van der Waals surface area contributed by atoms with Gasteiger partial charge in [0.25, 0.3) is 0 Å². The molecule has 2 aliphatic rings. The number of aromatic nitrogens is 2. The second-order valence-corrected chi connectivity index (χ2v) is 8.04. The fraction of sp³-hybridized carbons (Fsp3) is 0.591. The van der Waals surface area contributed by atoms with E-state index < -0.39 is 0 Å². The molecule has 0 spiro atoms. The maximum absolute atomic E-state index is 6.02. The molecule has 170 valence electrons. The minimum atomic E-state index is 0. The van der Waals surface area contributed by atoms with Gasteiger partial charge in [0.1, 0.15) is 12.4 Å². The second-order valence-electron chi connectivity index (χ2n) is 8.04. The summed E-state index contributed by atoms with van der Waals surface area (Å²) in [7, 11) is 1.84. The van der Waals surface area contributed by atoms with Gasteiger partial charge in [-0.05, 0) is 31.2 Å². The van der Waals surface area contributed by atoms with Gasteiger partial charge in [-0.3, -0.25) is 9.89 Å². The van der Waals surface area contributed by atoms with Crippen LogP contribution in [0, 0.1) is 0 Å². The van der Waals surface area contributed by atoms with E-state index in [0.29, 0.717) is 12.6 Å². The number of hydrogen-bond acceptors (Lipinski definition) is 6. The van der Waals surface area contributed by atoms with Crippen LogP contribution < -0.4 is 10.1 Å². The summed E-state index contributed by atoms with van der Waals surface area (Å²) in [4.78, 5) is 13.6. The highest BCUT2D eigenvalue weighted by Crippen LogP contribution is 2.22. The Hall–Kier alpha value is -1.88. The number of nitrogens with one attached hydrogen (secondary N) is 1. The van der Waals surface area contributed by atoms with Crippen molar-refractivity contribution in [3.63, 3.8) is 0 Å². The first kappa shape index (κ1) is 23.8. The Morgan fingerprint density at radius 1 is 1.16 bits per heavy atom. The van der Waals surface area contributed by atoms with Crippen molar-refractivity contribution in [2.45, 2.75) is 51.3 Å². The molecule has 1 N–H and O–H groups in total. The van der Waals surface area contributed by atoms with Crippen molar-refractivity contribution in [2.24, 2.45) is 4.99 Å². The van der Waals surface area contributed by atoms with Crippen LogP contribution in [0.15, 0.2) is 40.2 Å². The van der Waals surface area contributed by atoms with Crippen LogP contribution in [0.3, 0.4) is 0 Å². The van der Waals surface area contributed by atoms with E-state index >= 15 is 0 Å². The molecule has 0 bridgehead atoms. The summed E-state index contributed by atoms with van der Waals surface area (Å²) < 4.78 is 10.9.